The first-order valence-corrected chi connectivity index (χ1v) is 5.04. The average molecular weight is 245 g/mol. The molecule has 0 spiro atoms. The Balaban J connectivity index is 2.92. The lowest BCUT2D eigenvalue weighted by Gasteiger charge is -2.09. The lowest BCUT2D eigenvalue weighted by molar-refractivity contribution is 0.198. The highest BCUT2D eigenvalue weighted by atomic mass is 79.9. The molecule has 0 unspecified atom stereocenters. The normalized spacial score (nSPS) is 12.6. The molecule has 13 heavy (non-hydrogen) atoms. The topological polar surface area (TPSA) is 29.5 Å². The van der Waals surface area contributed by atoms with Gasteiger partial charge in [-0.25, -0.2) is 0 Å². The van der Waals surface area contributed by atoms with E-state index in [0.717, 1.165) is 15.8 Å². The van der Waals surface area contributed by atoms with Gasteiger partial charge in [-0.3, -0.25) is 0 Å². The van der Waals surface area contributed by atoms with E-state index in [1.807, 2.05) is 25.1 Å². The number of hydrogen-bond acceptors (Lipinski definition) is 2. The third-order valence-corrected chi connectivity index (χ3v) is 2.42. The maximum atomic E-state index is 9.35. The van der Waals surface area contributed by atoms with Crippen LogP contribution >= 0.6 is 15.9 Å². The number of aliphatic hydroxyl groups is 1. The SMILES string of the molecule is CCOc1ccc([C@H](C)O)c(Br)c1. The summed E-state index contributed by atoms with van der Waals surface area (Å²) in [5, 5.41) is 9.35. The molecule has 0 heterocycles. The fraction of sp³-hybridized carbons (Fsp3) is 0.400. The Morgan fingerprint density at radius 3 is 2.69 bits per heavy atom. The smallest absolute Gasteiger partial charge is 0.120 e. The molecule has 0 aliphatic carbocycles. The predicted molar refractivity (Wildman–Crippen MR) is 55.9 cm³/mol. The van der Waals surface area contributed by atoms with Gasteiger partial charge in [0.2, 0.25) is 0 Å². The highest BCUT2D eigenvalue weighted by Gasteiger charge is 2.06. The van der Waals surface area contributed by atoms with Gasteiger partial charge in [-0.1, -0.05) is 22.0 Å². The van der Waals surface area contributed by atoms with Gasteiger partial charge in [0.05, 0.1) is 12.7 Å². The van der Waals surface area contributed by atoms with Crippen molar-refractivity contribution in [3.63, 3.8) is 0 Å². The molecule has 1 rings (SSSR count). The molecule has 1 aromatic carbocycles. The van der Waals surface area contributed by atoms with Crippen LogP contribution < -0.4 is 4.74 Å². The summed E-state index contributed by atoms with van der Waals surface area (Å²) >= 11 is 3.38. The summed E-state index contributed by atoms with van der Waals surface area (Å²) in [5.74, 6) is 0.818. The van der Waals surface area contributed by atoms with Crippen molar-refractivity contribution >= 4 is 15.9 Å². The quantitative estimate of drug-likeness (QED) is 0.887. The van der Waals surface area contributed by atoms with Crippen molar-refractivity contribution in [2.75, 3.05) is 6.61 Å². The molecule has 0 aliphatic heterocycles. The van der Waals surface area contributed by atoms with Gasteiger partial charge in [-0.05, 0) is 31.5 Å². The van der Waals surface area contributed by atoms with Crippen molar-refractivity contribution in [1.29, 1.82) is 0 Å². The fourth-order valence-electron chi connectivity index (χ4n) is 1.10. The summed E-state index contributed by atoms with van der Waals surface area (Å²) in [6, 6.07) is 5.58. The van der Waals surface area contributed by atoms with Crippen LogP contribution in [0.2, 0.25) is 0 Å². The molecule has 3 heteroatoms. The largest absolute Gasteiger partial charge is 0.494 e. The minimum atomic E-state index is -0.454. The van der Waals surface area contributed by atoms with Crippen LogP contribution in [0.5, 0.6) is 5.75 Å². The second-order valence-electron chi connectivity index (χ2n) is 2.79. The number of rotatable bonds is 3. The number of ether oxygens (including phenoxy) is 1. The maximum Gasteiger partial charge on any atom is 0.120 e. The Hall–Kier alpha value is -0.540. The van der Waals surface area contributed by atoms with E-state index in [-0.39, 0.29) is 0 Å². The monoisotopic (exact) mass is 244 g/mol. The van der Waals surface area contributed by atoms with E-state index in [2.05, 4.69) is 15.9 Å². The Morgan fingerprint density at radius 2 is 2.23 bits per heavy atom. The third-order valence-electron chi connectivity index (χ3n) is 1.73. The van der Waals surface area contributed by atoms with Gasteiger partial charge in [0, 0.05) is 4.47 Å². The number of aliphatic hydroxyl groups excluding tert-OH is 1. The van der Waals surface area contributed by atoms with Crippen molar-refractivity contribution in [2.24, 2.45) is 0 Å². The molecule has 1 atom stereocenters. The van der Waals surface area contributed by atoms with Gasteiger partial charge >= 0.3 is 0 Å². The molecule has 0 aliphatic rings. The molecule has 0 fully saturated rings. The average Bonchev–Trinajstić information content (AvgIpc) is 2.04. The number of hydrogen-bond donors (Lipinski definition) is 1. The standard InChI is InChI=1S/C10H13BrO2/c1-3-13-8-4-5-9(7(2)12)10(11)6-8/h4-7,12H,3H2,1-2H3/t7-/m0/s1. The third kappa shape index (κ3) is 2.71. The van der Waals surface area contributed by atoms with Crippen LogP contribution in [0, 0.1) is 0 Å². The van der Waals surface area contributed by atoms with E-state index >= 15 is 0 Å². The molecule has 0 amide bonds. The van der Waals surface area contributed by atoms with Gasteiger partial charge in [-0.15, -0.1) is 0 Å². The van der Waals surface area contributed by atoms with Crippen molar-refractivity contribution in [1.82, 2.24) is 0 Å². The summed E-state index contributed by atoms with van der Waals surface area (Å²) in [7, 11) is 0. The molecule has 2 nitrogen and oxygen atoms in total. The van der Waals surface area contributed by atoms with Crippen molar-refractivity contribution in [2.45, 2.75) is 20.0 Å². The fourth-order valence-corrected chi connectivity index (χ4v) is 1.79. The van der Waals surface area contributed by atoms with Crippen LogP contribution in [0.15, 0.2) is 22.7 Å². The van der Waals surface area contributed by atoms with Gasteiger partial charge in [0.15, 0.2) is 0 Å². The summed E-state index contributed by atoms with van der Waals surface area (Å²) in [6.07, 6.45) is -0.454. The van der Waals surface area contributed by atoms with Crippen LogP contribution in [-0.4, -0.2) is 11.7 Å². The zero-order valence-electron chi connectivity index (χ0n) is 7.75. The molecule has 0 saturated carbocycles. The van der Waals surface area contributed by atoms with Crippen LogP contribution in [0.3, 0.4) is 0 Å². The van der Waals surface area contributed by atoms with Crippen molar-refractivity contribution in [3.05, 3.63) is 28.2 Å². The van der Waals surface area contributed by atoms with Crippen molar-refractivity contribution < 1.29 is 9.84 Å². The molecule has 0 saturated heterocycles. The first-order valence-electron chi connectivity index (χ1n) is 4.25. The van der Waals surface area contributed by atoms with E-state index in [1.165, 1.54) is 0 Å². The Morgan fingerprint density at radius 1 is 1.54 bits per heavy atom. The van der Waals surface area contributed by atoms with Gasteiger partial charge in [0.25, 0.3) is 0 Å². The van der Waals surface area contributed by atoms with Crippen LogP contribution in [0.4, 0.5) is 0 Å². The minimum absolute atomic E-state index is 0.454. The Kier molecular flexibility index (Phi) is 3.75. The lowest BCUT2D eigenvalue weighted by atomic mass is 10.1. The van der Waals surface area contributed by atoms with E-state index in [1.54, 1.807) is 6.92 Å². The van der Waals surface area contributed by atoms with Crippen molar-refractivity contribution in [3.8, 4) is 5.75 Å². The second-order valence-corrected chi connectivity index (χ2v) is 3.65. The summed E-state index contributed by atoms with van der Waals surface area (Å²) < 4.78 is 6.19. The molecule has 1 N–H and O–H groups in total. The van der Waals surface area contributed by atoms with Crippen LogP contribution in [-0.2, 0) is 0 Å². The van der Waals surface area contributed by atoms with Gasteiger partial charge in [-0.2, -0.15) is 0 Å². The lowest BCUT2D eigenvalue weighted by Crippen LogP contribution is -1.95. The first-order chi connectivity index (χ1) is 6.15. The zero-order valence-corrected chi connectivity index (χ0v) is 9.34. The van der Waals surface area contributed by atoms with E-state index in [9.17, 15) is 5.11 Å². The molecule has 0 aromatic heterocycles. The highest BCUT2D eigenvalue weighted by molar-refractivity contribution is 9.10. The summed E-state index contributed by atoms with van der Waals surface area (Å²) in [4.78, 5) is 0. The highest BCUT2D eigenvalue weighted by Crippen LogP contribution is 2.27. The Bertz CT molecular complexity index is 284. The Labute approximate surface area is 86.7 Å². The predicted octanol–water partition coefficient (Wildman–Crippen LogP) is 2.90. The van der Waals surface area contributed by atoms with Gasteiger partial charge in [0.1, 0.15) is 5.75 Å². The molecule has 0 radical (unpaired) electrons. The number of halogens is 1. The maximum absolute atomic E-state index is 9.35. The molecular formula is C10H13BrO2. The first kappa shape index (κ1) is 10.5. The zero-order chi connectivity index (χ0) is 9.84. The molecule has 72 valence electrons. The van der Waals surface area contributed by atoms with Gasteiger partial charge < -0.3 is 9.84 Å². The number of benzene rings is 1. The second kappa shape index (κ2) is 4.63. The van der Waals surface area contributed by atoms with Crippen LogP contribution in [0.1, 0.15) is 25.5 Å². The van der Waals surface area contributed by atoms with E-state index in [4.69, 9.17) is 4.74 Å². The summed E-state index contributed by atoms with van der Waals surface area (Å²) in [6.45, 7) is 4.33. The van der Waals surface area contributed by atoms with Crippen LogP contribution in [0.25, 0.3) is 0 Å². The van der Waals surface area contributed by atoms with E-state index in [0.29, 0.717) is 6.61 Å². The molecule has 0 bridgehead atoms. The summed E-state index contributed by atoms with van der Waals surface area (Å²) in [5.41, 5.74) is 0.878. The minimum Gasteiger partial charge on any atom is -0.494 e. The molecule has 1 aromatic rings. The van der Waals surface area contributed by atoms with E-state index < -0.39 is 6.10 Å². The molecular weight excluding hydrogens is 232 g/mol.